The number of benzene rings is 1. The molecule has 0 bridgehead atoms. The number of halogens is 2. The summed E-state index contributed by atoms with van der Waals surface area (Å²) in [5.41, 5.74) is 2.47. The quantitative estimate of drug-likeness (QED) is 0.791. The third-order valence-electron chi connectivity index (χ3n) is 4.97. The number of phenolic OH excluding ortho intramolecular Hbond substituents is 1. The minimum absolute atomic E-state index is 0. The van der Waals surface area contributed by atoms with Gasteiger partial charge >= 0.3 is 0 Å². The van der Waals surface area contributed by atoms with E-state index in [0.29, 0.717) is 18.2 Å². The van der Waals surface area contributed by atoms with Crippen molar-refractivity contribution in [1.82, 2.24) is 4.90 Å². The van der Waals surface area contributed by atoms with Crippen molar-refractivity contribution in [2.75, 3.05) is 26.4 Å². The van der Waals surface area contributed by atoms with E-state index in [1.165, 1.54) is 11.1 Å². The molecule has 1 N–H and O–H groups in total. The van der Waals surface area contributed by atoms with Gasteiger partial charge in [0.1, 0.15) is 5.75 Å². The van der Waals surface area contributed by atoms with Crippen molar-refractivity contribution in [3.05, 3.63) is 29.3 Å². The average Bonchev–Trinajstić information content (AvgIpc) is 2.54. The third-order valence-corrected chi connectivity index (χ3v) is 4.97. The van der Waals surface area contributed by atoms with E-state index < -0.39 is 0 Å². The van der Waals surface area contributed by atoms with Crippen LogP contribution >= 0.6 is 12.4 Å². The van der Waals surface area contributed by atoms with Gasteiger partial charge in [-0.3, -0.25) is 9.29 Å². The van der Waals surface area contributed by atoms with Crippen molar-refractivity contribution in [3.63, 3.8) is 0 Å². The molecule has 3 rings (SSSR count). The topological polar surface area (TPSA) is 32.7 Å². The number of hydrogen-bond donors (Lipinski definition) is 1. The van der Waals surface area contributed by atoms with Gasteiger partial charge in [0, 0.05) is 12.6 Å². The van der Waals surface area contributed by atoms with E-state index >= 15 is 0 Å². The number of ether oxygens (including phenoxy) is 1. The van der Waals surface area contributed by atoms with Crippen LogP contribution in [-0.4, -0.2) is 42.4 Å². The van der Waals surface area contributed by atoms with Gasteiger partial charge < -0.3 is 9.84 Å². The Balaban J connectivity index is 0.00000192. The fraction of sp³-hybridized carbons (Fsp3) is 0.667. The summed E-state index contributed by atoms with van der Waals surface area (Å²) in [5, 5.41) is 9.77. The second-order valence-corrected chi connectivity index (χ2v) is 6.42. The monoisotopic (exact) mass is 343 g/mol. The molecule has 0 unspecified atom stereocenters. The maximum atomic E-state index is 12.1. The summed E-state index contributed by atoms with van der Waals surface area (Å²) in [6.07, 6.45) is 6.20. The van der Waals surface area contributed by atoms with Crippen molar-refractivity contribution < 1.29 is 14.2 Å². The summed E-state index contributed by atoms with van der Waals surface area (Å²) < 4.78 is 18.2. The Morgan fingerprint density at radius 3 is 2.87 bits per heavy atom. The van der Waals surface area contributed by atoms with E-state index in [2.05, 4.69) is 4.90 Å². The smallest absolute Gasteiger partial charge is 0.115 e. The van der Waals surface area contributed by atoms with Crippen LogP contribution in [-0.2, 0) is 11.2 Å². The van der Waals surface area contributed by atoms with Crippen molar-refractivity contribution in [1.29, 1.82) is 0 Å². The van der Waals surface area contributed by atoms with Gasteiger partial charge in [0.25, 0.3) is 0 Å². The summed E-state index contributed by atoms with van der Waals surface area (Å²) in [5.74, 6) is 0.325. The zero-order valence-electron chi connectivity index (χ0n) is 13.5. The second-order valence-electron chi connectivity index (χ2n) is 6.42. The molecule has 23 heavy (non-hydrogen) atoms. The van der Waals surface area contributed by atoms with Gasteiger partial charge in [-0.25, -0.2) is 0 Å². The van der Waals surface area contributed by atoms with Crippen LogP contribution in [0.1, 0.15) is 49.3 Å². The normalized spacial score (nSPS) is 23.7. The Morgan fingerprint density at radius 2 is 2.04 bits per heavy atom. The molecule has 0 amide bonds. The lowest BCUT2D eigenvalue weighted by atomic mass is 9.84. The number of hydrogen-bond acceptors (Lipinski definition) is 3. The molecule has 3 nitrogen and oxygen atoms in total. The molecule has 1 fully saturated rings. The van der Waals surface area contributed by atoms with Crippen LogP contribution in [0.5, 0.6) is 5.75 Å². The standard InChI is InChI=1S/C18H26FNO2.ClH/c19-9-3-1-2-4-10-20-11-12-22-18-16-13-15(21)7-5-14(16)6-8-17(18)20;/h5,7,13,17-18,21H,1-4,6,8-12H2;1H/t17-,18-;/m1./s1. The largest absolute Gasteiger partial charge is 0.508 e. The zero-order valence-corrected chi connectivity index (χ0v) is 14.4. The minimum atomic E-state index is -0.192. The molecule has 0 radical (unpaired) electrons. The van der Waals surface area contributed by atoms with Crippen molar-refractivity contribution in [3.8, 4) is 5.75 Å². The van der Waals surface area contributed by atoms with Gasteiger partial charge in [0.05, 0.1) is 19.4 Å². The number of nitrogens with zero attached hydrogens (tertiary/aromatic N) is 1. The number of unbranched alkanes of at least 4 members (excludes halogenated alkanes) is 3. The first-order valence-corrected chi connectivity index (χ1v) is 8.53. The highest BCUT2D eigenvalue weighted by atomic mass is 35.5. The van der Waals surface area contributed by atoms with Crippen LogP contribution in [0.3, 0.4) is 0 Å². The molecule has 5 heteroatoms. The van der Waals surface area contributed by atoms with Crippen molar-refractivity contribution in [2.24, 2.45) is 0 Å². The Hall–Kier alpha value is -0.840. The number of fused-ring (bicyclic) bond motifs is 3. The molecule has 130 valence electrons. The van der Waals surface area contributed by atoms with Gasteiger partial charge in [0.2, 0.25) is 0 Å². The van der Waals surface area contributed by atoms with Gasteiger partial charge in [-0.2, -0.15) is 0 Å². The first kappa shape index (κ1) is 18.5. The highest BCUT2D eigenvalue weighted by Gasteiger charge is 2.37. The first-order valence-electron chi connectivity index (χ1n) is 8.53. The fourth-order valence-corrected chi connectivity index (χ4v) is 3.82. The lowest BCUT2D eigenvalue weighted by Gasteiger charge is -2.44. The molecular formula is C18H27ClFNO2. The summed E-state index contributed by atoms with van der Waals surface area (Å²) in [7, 11) is 0. The summed E-state index contributed by atoms with van der Waals surface area (Å²) in [4.78, 5) is 2.54. The van der Waals surface area contributed by atoms with Crippen LogP contribution in [0.25, 0.3) is 0 Å². The maximum absolute atomic E-state index is 12.1. The number of alkyl halides is 1. The van der Waals surface area contributed by atoms with Crippen molar-refractivity contribution >= 4 is 12.4 Å². The summed E-state index contributed by atoms with van der Waals surface area (Å²) >= 11 is 0. The van der Waals surface area contributed by atoms with Gasteiger partial charge in [0.15, 0.2) is 0 Å². The van der Waals surface area contributed by atoms with Gasteiger partial charge in [-0.15, -0.1) is 12.4 Å². The van der Waals surface area contributed by atoms with Gasteiger partial charge in [-0.1, -0.05) is 18.9 Å². The highest BCUT2D eigenvalue weighted by molar-refractivity contribution is 5.85. The number of morpholine rings is 1. The zero-order chi connectivity index (χ0) is 15.4. The second kappa shape index (κ2) is 8.86. The molecule has 2 aliphatic rings. The average molecular weight is 344 g/mol. The fourth-order valence-electron chi connectivity index (χ4n) is 3.82. The minimum Gasteiger partial charge on any atom is -0.508 e. The SMILES string of the molecule is Cl.Oc1ccc2c(c1)[C@H]1OCCN(CCCCCCF)[C@@H]1CC2. The van der Waals surface area contributed by atoms with E-state index in [4.69, 9.17) is 4.74 Å². The van der Waals surface area contributed by atoms with Crippen LogP contribution in [0.15, 0.2) is 18.2 Å². The van der Waals surface area contributed by atoms with E-state index in [0.717, 1.165) is 51.8 Å². The first-order chi connectivity index (χ1) is 10.8. The Bertz CT molecular complexity index is 500. The predicted molar refractivity (Wildman–Crippen MR) is 92.2 cm³/mol. The molecule has 2 atom stereocenters. The Morgan fingerprint density at radius 1 is 1.22 bits per heavy atom. The summed E-state index contributed by atoms with van der Waals surface area (Å²) in [6.45, 7) is 2.62. The van der Waals surface area contributed by atoms with Crippen LogP contribution < -0.4 is 0 Å². The molecule has 1 saturated heterocycles. The van der Waals surface area contributed by atoms with E-state index in [-0.39, 0.29) is 25.2 Å². The molecule has 0 saturated carbocycles. The number of rotatable bonds is 6. The molecule has 1 aromatic rings. The van der Waals surface area contributed by atoms with E-state index in [1.54, 1.807) is 6.07 Å². The Kier molecular flexibility index (Phi) is 7.12. The molecule has 0 spiro atoms. The van der Waals surface area contributed by atoms with E-state index in [9.17, 15) is 9.50 Å². The third kappa shape index (κ3) is 4.37. The number of aromatic hydroxyl groups is 1. The van der Waals surface area contributed by atoms with Crippen LogP contribution in [0.4, 0.5) is 4.39 Å². The molecule has 1 aliphatic carbocycles. The molecule has 1 aliphatic heterocycles. The van der Waals surface area contributed by atoms with Crippen LogP contribution in [0, 0.1) is 0 Å². The lowest BCUT2D eigenvalue weighted by molar-refractivity contribution is -0.0806. The van der Waals surface area contributed by atoms with Crippen molar-refractivity contribution in [2.45, 2.75) is 50.7 Å². The van der Waals surface area contributed by atoms with Crippen LogP contribution in [0.2, 0.25) is 0 Å². The Labute approximate surface area is 144 Å². The summed E-state index contributed by atoms with van der Waals surface area (Å²) in [6, 6.07) is 6.09. The van der Waals surface area contributed by atoms with E-state index in [1.807, 2.05) is 12.1 Å². The predicted octanol–water partition coefficient (Wildman–Crippen LogP) is 4.03. The lowest BCUT2D eigenvalue weighted by Crippen LogP contribution is -2.49. The molecule has 1 aromatic carbocycles. The van der Waals surface area contributed by atoms with Gasteiger partial charge in [-0.05, 0) is 55.5 Å². The molecule has 1 heterocycles. The molecular weight excluding hydrogens is 317 g/mol. The maximum Gasteiger partial charge on any atom is 0.115 e. The highest BCUT2D eigenvalue weighted by Crippen LogP contribution is 2.39. The number of phenols is 1. The molecule has 0 aromatic heterocycles. The number of aryl methyl sites for hydroxylation is 1.